The summed E-state index contributed by atoms with van der Waals surface area (Å²) in [5.74, 6) is 0.773. The maximum atomic E-state index is 6.14. The summed E-state index contributed by atoms with van der Waals surface area (Å²) in [6.45, 7) is 5.82. The molecule has 6 heteroatoms. The van der Waals surface area contributed by atoms with Crippen LogP contribution in [-0.4, -0.2) is 19.6 Å². The third-order valence-electron chi connectivity index (χ3n) is 2.87. The Morgan fingerprint density at radius 1 is 1.29 bits per heavy atom. The summed E-state index contributed by atoms with van der Waals surface area (Å²) in [7, 11) is 1.86. The second-order valence-electron chi connectivity index (χ2n) is 4.06. The van der Waals surface area contributed by atoms with E-state index in [1.165, 1.54) is 0 Å². The molecule has 0 amide bonds. The Hall–Kier alpha value is -1.49. The highest BCUT2D eigenvalue weighted by Crippen LogP contribution is 2.26. The van der Waals surface area contributed by atoms with Gasteiger partial charge in [-0.1, -0.05) is 18.5 Å². The monoisotopic (exact) mass is 253 g/mol. The normalized spacial score (nSPS) is 11.1. The zero-order chi connectivity index (χ0) is 12.7. The van der Waals surface area contributed by atoms with Crippen molar-refractivity contribution < 1.29 is 0 Å². The number of hydrogen-bond acceptors (Lipinski definition) is 3. The number of nitrogen functional groups attached to an aromatic ring is 1. The molecule has 2 heterocycles. The highest BCUT2D eigenvalue weighted by Gasteiger charge is 2.18. The molecule has 0 fully saturated rings. The predicted molar refractivity (Wildman–Crippen MR) is 68.6 cm³/mol. The predicted octanol–water partition coefficient (Wildman–Crippen LogP) is 2.02. The first kappa shape index (κ1) is 12.0. The molecule has 0 aliphatic rings. The van der Waals surface area contributed by atoms with E-state index in [0.29, 0.717) is 10.7 Å². The van der Waals surface area contributed by atoms with Gasteiger partial charge in [0.25, 0.3) is 0 Å². The molecule has 17 heavy (non-hydrogen) atoms. The van der Waals surface area contributed by atoms with Gasteiger partial charge in [-0.05, 0) is 20.3 Å². The number of anilines is 1. The molecular weight excluding hydrogens is 238 g/mol. The van der Waals surface area contributed by atoms with Gasteiger partial charge in [0.1, 0.15) is 5.69 Å². The van der Waals surface area contributed by atoms with Gasteiger partial charge in [-0.25, -0.2) is 9.36 Å². The van der Waals surface area contributed by atoms with Crippen LogP contribution in [0.25, 0.3) is 5.82 Å². The third-order valence-corrected chi connectivity index (χ3v) is 3.41. The number of halogens is 1. The lowest BCUT2D eigenvalue weighted by atomic mass is 10.3. The van der Waals surface area contributed by atoms with E-state index in [1.54, 1.807) is 9.36 Å². The average Bonchev–Trinajstić information content (AvgIpc) is 2.71. The molecule has 0 unspecified atom stereocenters. The Bertz CT molecular complexity index is 567. The molecule has 92 valence electrons. The van der Waals surface area contributed by atoms with E-state index in [4.69, 9.17) is 17.3 Å². The van der Waals surface area contributed by atoms with E-state index in [9.17, 15) is 0 Å². The van der Waals surface area contributed by atoms with Gasteiger partial charge in [0.15, 0.2) is 5.82 Å². The molecule has 2 rings (SSSR count). The third kappa shape index (κ3) is 1.70. The summed E-state index contributed by atoms with van der Waals surface area (Å²) in [6.07, 6.45) is 0.798. The number of nitrogens with zero attached hydrogens (tertiary/aromatic N) is 4. The minimum absolute atomic E-state index is 0.664. The maximum Gasteiger partial charge on any atom is 0.175 e. The van der Waals surface area contributed by atoms with Crippen molar-refractivity contribution in [3.05, 3.63) is 22.1 Å². The van der Waals surface area contributed by atoms with Crippen LogP contribution in [-0.2, 0) is 13.5 Å². The van der Waals surface area contributed by atoms with Crippen LogP contribution >= 0.6 is 11.6 Å². The van der Waals surface area contributed by atoms with E-state index < -0.39 is 0 Å². The van der Waals surface area contributed by atoms with E-state index in [-0.39, 0.29) is 0 Å². The maximum absolute atomic E-state index is 6.14. The van der Waals surface area contributed by atoms with Crippen molar-refractivity contribution in [1.29, 1.82) is 0 Å². The van der Waals surface area contributed by atoms with Crippen molar-refractivity contribution in [2.75, 3.05) is 5.73 Å². The molecule has 0 radical (unpaired) electrons. The Balaban J connectivity index is 2.68. The summed E-state index contributed by atoms with van der Waals surface area (Å²) in [5.41, 5.74) is 9.30. The first-order valence-electron chi connectivity index (χ1n) is 5.50. The standard InChI is InChI=1S/C11H16ClN5/c1-5-8-10(13)11(16(4)15-8)17-7(3)9(12)6(2)14-17/h5,13H2,1-4H3. The molecule has 0 spiro atoms. The van der Waals surface area contributed by atoms with Crippen molar-refractivity contribution in [1.82, 2.24) is 19.6 Å². The van der Waals surface area contributed by atoms with E-state index in [0.717, 1.165) is 29.3 Å². The molecule has 5 nitrogen and oxygen atoms in total. The molecule has 0 aromatic carbocycles. The van der Waals surface area contributed by atoms with Gasteiger partial charge in [-0.3, -0.25) is 0 Å². The molecule has 0 aliphatic carbocycles. The number of aromatic nitrogens is 4. The van der Waals surface area contributed by atoms with Crippen LogP contribution in [0.15, 0.2) is 0 Å². The smallest absolute Gasteiger partial charge is 0.175 e. The number of aryl methyl sites for hydroxylation is 3. The summed E-state index contributed by atoms with van der Waals surface area (Å²) in [5, 5.41) is 9.44. The first-order chi connectivity index (χ1) is 7.97. The second-order valence-corrected chi connectivity index (χ2v) is 4.44. The average molecular weight is 254 g/mol. The van der Waals surface area contributed by atoms with Gasteiger partial charge in [0.2, 0.25) is 0 Å². The fourth-order valence-electron chi connectivity index (χ4n) is 1.93. The second kappa shape index (κ2) is 4.07. The summed E-state index contributed by atoms with van der Waals surface area (Å²) >= 11 is 6.14. The van der Waals surface area contributed by atoms with Crippen LogP contribution in [0.2, 0.25) is 5.02 Å². The van der Waals surface area contributed by atoms with Gasteiger partial charge in [0, 0.05) is 7.05 Å². The molecule has 2 aromatic rings. The zero-order valence-electron chi connectivity index (χ0n) is 10.5. The van der Waals surface area contributed by atoms with Crippen LogP contribution in [0.5, 0.6) is 0 Å². The Labute approximate surface area is 105 Å². The van der Waals surface area contributed by atoms with Gasteiger partial charge in [-0.15, -0.1) is 0 Å². The van der Waals surface area contributed by atoms with E-state index >= 15 is 0 Å². The number of hydrogen-bond donors (Lipinski definition) is 1. The molecule has 0 saturated carbocycles. The minimum atomic E-state index is 0.664. The van der Waals surface area contributed by atoms with Crippen LogP contribution in [0, 0.1) is 13.8 Å². The van der Waals surface area contributed by atoms with Crippen LogP contribution in [0.4, 0.5) is 5.69 Å². The fraction of sp³-hybridized carbons (Fsp3) is 0.455. The van der Waals surface area contributed by atoms with Crippen LogP contribution in [0.3, 0.4) is 0 Å². The van der Waals surface area contributed by atoms with Crippen LogP contribution in [0.1, 0.15) is 24.0 Å². The van der Waals surface area contributed by atoms with Crippen molar-refractivity contribution in [3.8, 4) is 5.82 Å². The van der Waals surface area contributed by atoms with Crippen molar-refractivity contribution in [2.24, 2.45) is 7.05 Å². The van der Waals surface area contributed by atoms with Crippen molar-refractivity contribution in [2.45, 2.75) is 27.2 Å². The molecule has 2 N–H and O–H groups in total. The topological polar surface area (TPSA) is 61.7 Å². The van der Waals surface area contributed by atoms with E-state index in [1.807, 2.05) is 27.8 Å². The van der Waals surface area contributed by atoms with E-state index in [2.05, 4.69) is 10.2 Å². The lowest BCUT2D eigenvalue weighted by molar-refractivity contribution is 0.679. The summed E-state index contributed by atoms with van der Waals surface area (Å²) < 4.78 is 3.49. The molecule has 2 aromatic heterocycles. The molecule has 0 atom stereocenters. The van der Waals surface area contributed by atoms with Gasteiger partial charge in [0.05, 0.1) is 22.1 Å². The molecular formula is C11H16ClN5. The fourth-order valence-corrected chi connectivity index (χ4v) is 2.05. The van der Waals surface area contributed by atoms with Gasteiger partial charge in [-0.2, -0.15) is 10.2 Å². The Morgan fingerprint density at radius 3 is 2.35 bits per heavy atom. The van der Waals surface area contributed by atoms with Gasteiger partial charge >= 0.3 is 0 Å². The number of rotatable bonds is 2. The Kier molecular flexibility index (Phi) is 2.87. The summed E-state index contributed by atoms with van der Waals surface area (Å²) in [6, 6.07) is 0. The zero-order valence-corrected chi connectivity index (χ0v) is 11.2. The van der Waals surface area contributed by atoms with Crippen molar-refractivity contribution >= 4 is 17.3 Å². The lowest BCUT2D eigenvalue weighted by Crippen LogP contribution is -2.08. The lowest BCUT2D eigenvalue weighted by Gasteiger charge is -2.05. The van der Waals surface area contributed by atoms with Crippen molar-refractivity contribution in [3.63, 3.8) is 0 Å². The highest BCUT2D eigenvalue weighted by atomic mass is 35.5. The first-order valence-corrected chi connectivity index (χ1v) is 5.88. The van der Waals surface area contributed by atoms with Crippen LogP contribution < -0.4 is 5.73 Å². The molecule has 0 aliphatic heterocycles. The quantitative estimate of drug-likeness (QED) is 0.891. The highest BCUT2D eigenvalue weighted by molar-refractivity contribution is 6.31. The molecule has 0 saturated heterocycles. The number of nitrogens with two attached hydrogens (primary N) is 1. The van der Waals surface area contributed by atoms with Gasteiger partial charge < -0.3 is 5.73 Å². The SMILES string of the molecule is CCc1nn(C)c(-n2nc(C)c(Cl)c2C)c1N. The largest absolute Gasteiger partial charge is 0.394 e. The Morgan fingerprint density at radius 2 is 1.94 bits per heavy atom. The molecule has 0 bridgehead atoms. The summed E-state index contributed by atoms with van der Waals surface area (Å²) in [4.78, 5) is 0. The minimum Gasteiger partial charge on any atom is -0.394 e.